The zero-order chi connectivity index (χ0) is 17.2. The van der Waals surface area contributed by atoms with Crippen molar-refractivity contribution in [2.24, 2.45) is 17.8 Å². The molecule has 0 unspecified atom stereocenters. The van der Waals surface area contributed by atoms with Crippen molar-refractivity contribution in [2.75, 3.05) is 0 Å². The summed E-state index contributed by atoms with van der Waals surface area (Å²) in [7, 11) is 0. The zero-order valence-electron chi connectivity index (χ0n) is 15.3. The van der Waals surface area contributed by atoms with Crippen LogP contribution in [0.25, 0.3) is 0 Å². The van der Waals surface area contributed by atoms with E-state index in [-0.39, 0.29) is 0 Å². The van der Waals surface area contributed by atoms with Crippen LogP contribution in [0.4, 0.5) is 0 Å². The largest absolute Gasteiger partial charge is 0.389 e. The quantitative estimate of drug-likeness (QED) is 0.569. The van der Waals surface area contributed by atoms with Crippen molar-refractivity contribution < 1.29 is 14.9 Å². The van der Waals surface area contributed by atoms with Gasteiger partial charge in [-0.25, -0.2) is 0 Å². The summed E-state index contributed by atoms with van der Waals surface area (Å²) in [5.41, 5.74) is 0.173. The molecule has 3 nitrogen and oxygen atoms in total. The Morgan fingerprint density at radius 1 is 1.30 bits per heavy atom. The van der Waals surface area contributed by atoms with Crippen LogP contribution in [0.3, 0.4) is 0 Å². The van der Waals surface area contributed by atoms with Crippen molar-refractivity contribution in [3.05, 3.63) is 23.8 Å². The average molecular weight is 322 g/mol. The van der Waals surface area contributed by atoms with E-state index in [1.807, 2.05) is 19.1 Å². The van der Waals surface area contributed by atoms with E-state index in [1.165, 1.54) is 0 Å². The summed E-state index contributed by atoms with van der Waals surface area (Å²) in [6.07, 6.45) is 9.46. The van der Waals surface area contributed by atoms with Crippen LogP contribution in [0.1, 0.15) is 60.3 Å². The second-order valence-electron chi connectivity index (χ2n) is 8.31. The minimum Gasteiger partial charge on any atom is -0.389 e. The lowest BCUT2D eigenvalue weighted by molar-refractivity contribution is 0.0564. The Kier molecular flexibility index (Phi) is 6.10. The monoisotopic (exact) mass is 322 g/mol. The van der Waals surface area contributed by atoms with Crippen molar-refractivity contribution >= 4 is 0 Å². The molecule has 2 N–H and O–H groups in total. The van der Waals surface area contributed by atoms with Gasteiger partial charge in [0, 0.05) is 6.42 Å². The molecule has 23 heavy (non-hydrogen) atoms. The summed E-state index contributed by atoms with van der Waals surface area (Å²) in [4.78, 5) is 0. The van der Waals surface area contributed by atoms with Gasteiger partial charge in [-0.05, 0) is 50.9 Å². The van der Waals surface area contributed by atoms with Crippen LogP contribution in [0.5, 0.6) is 0 Å². The molecule has 1 fully saturated rings. The van der Waals surface area contributed by atoms with E-state index >= 15 is 0 Å². The van der Waals surface area contributed by atoms with Gasteiger partial charge in [-0.15, -0.1) is 0 Å². The Hall–Kier alpha value is -0.640. The lowest BCUT2D eigenvalue weighted by atomic mass is 9.84. The minimum atomic E-state index is -0.975. The number of hydrogen-bond acceptors (Lipinski definition) is 3. The molecule has 2 aliphatic rings. The second kappa shape index (κ2) is 7.50. The minimum absolute atomic E-state index is 0.310. The Morgan fingerprint density at radius 3 is 2.65 bits per heavy atom. The second-order valence-corrected chi connectivity index (χ2v) is 8.31. The van der Waals surface area contributed by atoms with E-state index in [9.17, 15) is 10.2 Å². The van der Waals surface area contributed by atoms with Gasteiger partial charge in [0.1, 0.15) is 0 Å². The number of epoxide rings is 1. The van der Waals surface area contributed by atoms with Gasteiger partial charge in [-0.2, -0.15) is 0 Å². The molecular formula is C20H34O3. The molecule has 0 aromatic carbocycles. The van der Waals surface area contributed by atoms with Crippen LogP contribution < -0.4 is 0 Å². The molecule has 0 aromatic rings. The van der Waals surface area contributed by atoms with Gasteiger partial charge in [0.15, 0.2) is 0 Å². The first-order valence-electron chi connectivity index (χ1n) is 9.10. The summed E-state index contributed by atoms with van der Waals surface area (Å²) in [6.45, 7) is 10.6. The number of rotatable bonds is 1. The number of hydrogen-bond donors (Lipinski definition) is 2. The number of ether oxygens (including phenoxy) is 1. The first-order valence-corrected chi connectivity index (χ1v) is 9.10. The maximum Gasteiger partial charge on any atom is 0.0881 e. The lowest BCUT2D eigenvalue weighted by Crippen LogP contribution is -2.27. The first kappa shape index (κ1) is 18.7. The van der Waals surface area contributed by atoms with Crippen LogP contribution in [0.15, 0.2) is 23.8 Å². The first-order chi connectivity index (χ1) is 10.7. The maximum absolute atomic E-state index is 10.6. The molecule has 0 aromatic heterocycles. The highest BCUT2D eigenvalue weighted by Crippen LogP contribution is 2.37. The fourth-order valence-corrected chi connectivity index (χ4v) is 3.69. The van der Waals surface area contributed by atoms with Crippen molar-refractivity contribution in [3.8, 4) is 0 Å². The molecule has 1 saturated heterocycles. The molecule has 0 amide bonds. The van der Waals surface area contributed by atoms with Crippen LogP contribution in [-0.2, 0) is 4.74 Å². The highest BCUT2D eigenvalue weighted by Gasteiger charge is 2.42. The lowest BCUT2D eigenvalue weighted by Gasteiger charge is -2.24. The third-order valence-corrected chi connectivity index (χ3v) is 5.32. The maximum atomic E-state index is 10.6. The fourth-order valence-electron chi connectivity index (χ4n) is 3.69. The van der Waals surface area contributed by atoms with E-state index in [1.54, 1.807) is 6.92 Å². The Balaban J connectivity index is 2.16. The van der Waals surface area contributed by atoms with E-state index in [0.29, 0.717) is 36.4 Å². The molecule has 2 rings (SSSR count). The van der Waals surface area contributed by atoms with E-state index in [4.69, 9.17) is 4.74 Å². The highest BCUT2D eigenvalue weighted by atomic mass is 16.6. The zero-order valence-corrected chi connectivity index (χ0v) is 15.3. The summed E-state index contributed by atoms with van der Waals surface area (Å²) in [5.74, 6) is 1.57. The predicted molar refractivity (Wildman–Crippen MR) is 94.1 cm³/mol. The van der Waals surface area contributed by atoms with Gasteiger partial charge in [0.25, 0.3) is 0 Å². The van der Waals surface area contributed by atoms with E-state index in [2.05, 4.69) is 26.8 Å². The summed E-state index contributed by atoms with van der Waals surface area (Å²) in [5, 5.41) is 20.8. The molecule has 0 saturated carbocycles. The van der Waals surface area contributed by atoms with Gasteiger partial charge in [-0.1, -0.05) is 44.6 Å². The van der Waals surface area contributed by atoms with Crippen molar-refractivity contribution in [2.45, 2.75) is 84.2 Å². The standard InChI is InChI=1S/C20H34O3/c1-13(2)16-7-6-15(4)19-18(23-19)11-14(3)10-17(21)12-20(5,22)9-8-16/h8-10,13,15-19,21-22H,6-7,11-12H2,1-5H3/b9-8+,14-10+/t15-,16+,17-,18+,19-,20+/m0/s1. The van der Waals surface area contributed by atoms with Crippen LogP contribution in [-0.4, -0.2) is 34.1 Å². The van der Waals surface area contributed by atoms with E-state index in [0.717, 1.165) is 24.8 Å². The van der Waals surface area contributed by atoms with Gasteiger partial charge in [0.05, 0.1) is 23.9 Å². The Morgan fingerprint density at radius 2 is 2.00 bits per heavy atom. The molecular weight excluding hydrogens is 288 g/mol. The van der Waals surface area contributed by atoms with Crippen LogP contribution in [0, 0.1) is 17.8 Å². The third-order valence-electron chi connectivity index (χ3n) is 5.32. The molecule has 6 atom stereocenters. The van der Waals surface area contributed by atoms with Gasteiger partial charge in [0.2, 0.25) is 0 Å². The molecule has 0 bridgehead atoms. The molecule has 1 aliphatic carbocycles. The normalized spacial score (nSPS) is 46.4. The molecule has 3 heteroatoms. The van der Waals surface area contributed by atoms with Gasteiger partial charge >= 0.3 is 0 Å². The molecule has 0 spiro atoms. The fraction of sp³-hybridized carbons (Fsp3) is 0.800. The SMILES string of the molecule is C/C1=C\[C@H](O)C[C@](C)(O)/C=C/[C@H](C(C)C)CC[C@H](C)[C@@H]2O[C@@H]2C1. The van der Waals surface area contributed by atoms with Crippen molar-refractivity contribution in [1.82, 2.24) is 0 Å². The molecule has 1 heterocycles. The summed E-state index contributed by atoms with van der Waals surface area (Å²) >= 11 is 0. The Labute approximate surface area is 141 Å². The molecule has 1 aliphatic heterocycles. The number of allylic oxidation sites excluding steroid dienone is 1. The highest BCUT2D eigenvalue weighted by molar-refractivity contribution is 5.11. The number of aliphatic hydroxyl groups excluding tert-OH is 1. The predicted octanol–water partition coefficient (Wildman–Crippen LogP) is 3.85. The smallest absolute Gasteiger partial charge is 0.0881 e. The van der Waals surface area contributed by atoms with Crippen molar-refractivity contribution in [3.63, 3.8) is 0 Å². The van der Waals surface area contributed by atoms with Gasteiger partial charge < -0.3 is 14.9 Å². The third kappa shape index (κ3) is 5.74. The topological polar surface area (TPSA) is 53.0 Å². The van der Waals surface area contributed by atoms with Gasteiger partial charge in [-0.3, -0.25) is 0 Å². The number of fused-ring (bicyclic) bond motifs is 1. The summed E-state index contributed by atoms with van der Waals surface area (Å²) < 4.78 is 5.86. The van der Waals surface area contributed by atoms with Crippen molar-refractivity contribution in [1.29, 1.82) is 0 Å². The van der Waals surface area contributed by atoms with Crippen LogP contribution in [0.2, 0.25) is 0 Å². The number of aliphatic hydroxyl groups is 2. The van der Waals surface area contributed by atoms with E-state index < -0.39 is 11.7 Å². The van der Waals surface area contributed by atoms with Crippen LogP contribution >= 0.6 is 0 Å². The molecule has 0 radical (unpaired) electrons. The molecule has 132 valence electrons. The summed E-state index contributed by atoms with van der Waals surface area (Å²) in [6, 6.07) is 0. The average Bonchev–Trinajstić information content (AvgIpc) is 3.14. The Bertz CT molecular complexity index is 450.